The van der Waals surface area contributed by atoms with Gasteiger partial charge in [-0.25, -0.2) is 0 Å². The molecule has 1 aromatic carbocycles. The molecule has 1 aliphatic carbocycles. The first kappa shape index (κ1) is 21.3. The van der Waals surface area contributed by atoms with Gasteiger partial charge in [0.1, 0.15) is 5.75 Å². The first-order valence-electron chi connectivity index (χ1n) is 10.1. The van der Waals surface area contributed by atoms with Crippen molar-refractivity contribution in [3.05, 3.63) is 29.8 Å². The second-order valence-corrected chi connectivity index (χ2v) is 8.45. The third-order valence-electron chi connectivity index (χ3n) is 5.10. The van der Waals surface area contributed by atoms with Gasteiger partial charge in [0.25, 0.3) is 5.91 Å². The average Bonchev–Trinajstić information content (AvgIpc) is 2.65. The van der Waals surface area contributed by atoms with Crippen LogP contribution in [0.15, 0.2) is 24.3 Å². The fraction of sp³-hybridized carbons (Fsp3) is 0.636. The third kappa shape index (κ3) is 6.89. The Labute approximate surface area is 163 Å². The van der Waals surface area contributed by atoms with Crippen LogP contribution in [-0.4, -0.2) is 31.0 Å². The molecular formula is C22H34N2O3. The van der Waals surface area contributed by atoms with E-state index in [9.17, 15) is 9.59 Å². The van der Waals surface area contributed by atoms with Gasteiger partial charge in [-0.2, -0.15) is 0 Å². The number of benzene rings is 1. The Bertz CT molecular complexity index is 613. The summed E-state index contributed by atoms with van der Waals surface area (Å²) < 4.78 is 5.72. The van der Waals surface area contributed by atoms with Crippen molar-refractivity contribution in [3.63, 3.8) is 0 Å². The normalized spacial score (nSPS) is 16.4. The Morgan fingerprint density at radius 3 is 2.22 bits per heavy atom. The molecular weight excluding hydrogens is 340 g/mol. The average molecular weight is 375 g/mol. The minimum absolute atomic E-state index is 0.0869. The number of hydrogen-bond donors (Lipinski definition) is 2. The zero-order valence-electron chi connectivity index (χ0n) is 17.1. The Morgan fingerprint density at radius 2 is 1.63 bits per heavy atom. The fourth-order valence-electron chi connectivity index (χ4n) is 3.32. The molecule has 1 unspecified atom stereocenters. The van der Waals surface area contributed by atoms with E-state index >= 15 is 0 Å². The third-order valence-corrected chi connectivity index (χ3v) is 5.10. The molecule has 1 saturated carbocycles. The zero-order valence-corrected chi connectivity index (χ0v) is 17.1. The van der Waals surface area contributed by atoms with Crippen molar-refractivity contribution in [2.45, 2.75) is 71.3 Å². The lowest BCUT2D eigenvalue weighted by Crippen LogP contribution is -2.42. The summed E-state index contributed by atoms with van der Waals surface area (Å²) in [4.78, 5) is 24.2. The van der Waals surface area contributed by atoms with Gasteiger partial charge in [0.15, 0.2) is 6.10 Å². The number of rotatable bonds is 7. The second kappa shape index (κ2) is 9.77. The summed E-state index contributed by atoms with van der Waals surface area (Å²) >= 11 is 0. The lowest BCUT2D eigenvalue weighted by atomic mass is 9.87. The number of carbonyl (C=O) groups excluding carboxylic acids is 2. The van der Waals surface area contributed by atoms with Gasteiger partial charge in [-0.15, -0.1) is 0 Å². The van der Waals surface area contributed by atoms with Gasteiger partial charge < -0.3 is 15.4 Å². The molecule has 150 valence electrons. The number of nitrogens with one attached hydrogen (secondary N) is 2. The number of amides is 2. The highest BCUT2D eigenvalue weighted by molar-refractivity contribution is 5.81. The van der Waals surface area contributed by atoms with Crippen LogP contribution in [0.4, 0.5) is 0 Å². The van der Waals surface area contributed by atoms with E-state index in [1.807, 2.05) is 24.3 Å². The van der Waals surface area contributed by atoms with Crippen LogP contribution >= 0.6 is 0 Å². The lowest BCUT2D eigenvalue weighted by Gasteiger charge is -2.21. The van der Waals surface area contributed by atoms with Gasteiger partial charge >= 0.3 is 0 Å². The first-order valence-corrected chi connectivity index (χ1v) is 10.1. The van der Waals surface area contributed by atoms with Crippen molar-refractivity contribution in [2.75, 3.05) is 13.1 Å². The van der Waals surface area contributed by atoms with E-state index in [0.717, 1.165) is 25.7 Å². The molecule has 0 spiro atoms. The Hall–Kier alpha value is -2.04. The van der Waals surface area contributed by atoms with Crippen molar-refractivity contribution >= 4 is 11.8 Å². The predicted octanol–water partition coefficient (Wildman–Crippen LogP) is 3.56. The highest BCUT2D eigenvalue weighted by Crippen LogP contribution is 2.25. The van der Waals surface area contributed by atoms with Crippen LogP contribution in [0.25, 0.3) is 0 Å². The molecule has 0 heterocycles. The van der Waals surface area contributed by atoms with Crippen LogP contribution in [0.1, 0.15) is 65.4 Å². The number of ether oxygens (including phenoxy) is 1. The van der Waals surface area contributed by atoms with Crippen LogP contribution in [-0.2, 0) is 15.0 Å². The lowest BCUT2D eigenvalue weighted by molar-refractivity contribution is -0.128. The van der Waals surface area contributed by atoms with E-state index in [0.29, 0.717) is 18.8 Å². The second-order valence-electron chi connectivity index (χ2n) is 8.45. The van der Waals surface area contributed by atoms with Gasteiger partial charge in [-0.1, -0.05) is 52.2 Å². The van der Waals surface area contributed by atoms with Crippen LogP contribution in [0.2, 0.25) is 0 Å². The van der Waals surface area contributed by atoms with E-state index < -0.39 is 6.10 Å². The SMILES string of the molecule is CC(Oc1ccc(C(C)(C)C)cc1)C(=O)NCCNC(=O)C1CCCCC1. The summed E-state index contributed by atoms with van der Waals surface area (Å²) in [6.45, 7) is 9.07. The van der Waals surface area contributed by atoms with E-state index in [4.69, 9.17) is 4.74 Å². The molecule has 1 fully saturated rings. The highest BCUT2D eigenvalue weighted by Gasteiger charge is 2.21. The van der Waals surface area contributed by atoms with E-state index in [1.54, 1.807) is 6.92 Å². The largest absolute Gasteiger partial charge is 0.481 e. The highest BCUT2D eigenvalue weighted by atomic mass is 16.5. The van der Waals surface area contributed by atoms with Crippen molar-refractivity contribution in [1.29, 1.82) is 0 Å². The minimum atomic E-state index is -0.584. The summed E-state index contributed by atoms with van der Waals surface area (Å²) in [7, 11) is 0. The van der Waals surface area contributed by atoms with Gasteiger partial charge in [-0.05, 0) is 42.9 Å². The van der Waals surface area contributed by atoms with Crippen LogP contribution < -0.4 is 15.4 Å². The Morgan fingerprint density at radius 1 is 1.04 bits per heavy atom. The molecule has 5 heteroatoms. The maximum Gasteiger partial charge on any atom is 0.260 e. The molecule has 2 rings (SSSR count). The van der Waals surface area contributed by atoms with Crippen LogP contribution in [0.5, 0.6) is 5.75 Å². The predicted molar refractivity (Wildman–Crippen MR) is 108 cm³/mol. The molecule has 5 nitrogen and oxygen atoms in total. The summed E-state index contributed by atoms with van der Waals surface area (Å²) in [6.07, 6.45) is 4.89. The smallest absolute Gasteiger partial charge is 0.260 e. The fourth-order valence-corrected chi connectivity index (χ4v) is 3.32. The van der Waals surface area contributed by atoms with Gasteiger partial charge in [0, 0.05) is 19.0 Å². The molecule has 27 heavy (non-hydrogen) atoms. The Kier molecular flexibility index (Phi) is 7.69. The van der Waals surface area contributed by atoms with E-state index in [1.165, 1.54) is 12.0 Å². The van der Waals surface area contributed by atoms with Crippen LogP contribution in [0, 0.1) is 5.92 Å². The Balaban J connectivity index is 1.68. The monoisotopic (exact) mass is 374 g/mol. The van der Waals surface area contributed by atoms with Crippen molar-refractivity contribution < 1.29 is 14.3 Å². The summed E-state index contributed by atoms with van der Waals surface area (Å²) in [6, 6.07) is 7.85. The first-order chi connectivity index (χ1) is 12.8. The topological polar surface area (TPSA) is 67.4 Å². The quantitative estimate of drug-likeness (QED) is 0.717. The maximum absolute atomic E-state index is 12.2. The van der Waals surface area contributed by atoms with Crippen molar-refractivity contribution in [3.8, 4) is 5.75 Å². The molecule has 1 aromatic rings. The molecule has 0 radical (unpaired) electrons. The molecule has 0 aromatic heterocycles. The molecule has 0 saturated heterocycles. The molecule has 1 aliphatic rings. The maximum atomic E-state index is 12.2. The van der Waals surface area contributed by atoms with E-state index in [2.05, 4.69) is 31.4 Å². The minimum Gasteiger partial charge on any atom is -0.481 e. The molecule has 2 amide bonds. The van der Waals surface area contributed by atoms with Gasteiger partial charge in [0.05, 0.1) is 0 Å². The van der Waals surface area contributed by atoms with Crippen molar-refractivity contribution in [2.24, 2.45) is 5.92 Å². The van der Waals surface area contributed by atoms with Crippen LogP contribution in [0.3, 0.4) is 0 Å². The number of carbonyl (C=O) groups is 2. The standard InChI is InChI=1S/C22H34N2O3/c1-16(27-19-12-10-18(11-13-19)22(2,3)4)20(25)23-14-15-24-21(26)17-8-6-5-7-9-17/h10-13,16-17H,5-9,14-15H2,1-4H3,(H,23,25)(H,24,26). The van der Waals surface area contributed by atoms with E-state index in [-0.39, 0.29) is 23.1 Å². The molecule has 2 N–H and O–H groups in total. The molecule has 1 atom stereocenters. The zero-order chi connectivity index (χ0) is 19.9. The summed E-state index contributed by atoms with van der Waals surface area (Å²) in [5.74, 6) is 0.762. The molecule has 0 aliphatic heterocycles. The summed E-state index contributed by atoms with van der Waals surface area (Å²) in [5, 5.41) is 5.74. The molecule has 0 bridgehead atoms. The van der Waals surface area contributed by atoms with Crippen molar-refractivity contribution in [1.82, 2.24) is 10.6 Å². The summed E-state index contributed by atoms with van der Waals surface area (Å²) in [5.41, 5.74) is 1.31. The van der Waals surface area contributed by atoms with Gasteiger partial charge in [0.2, 0.25) is 5.91 Å². The van der Waals surface area contributed by atoms with Gasteiger partial charge in [-0.3, -0.25) is 9.59 Å². The number of hydrogen-bond acceptors (Lipinski definition) is 3.